The maximum Gasteiger partial charge on any atom is 0.325 e. The fourth-order valence-electron chi connectivity index (χ4n) is 4.56. The van der Waals surface area contributed by atoms with Crippen LogP contribution in [0.25, 0.3) is 0 Å². The molecule has 2 fully saturated rings. The predicted molar refractivity (Wildman–Crippen MR) is 122 cm³/mol. The zero-order valence-corrected chi connectivity index (χ0v) is 19.0. The van der Waals surface area contributed by atoms with Gasteiger partial charge in [0, 0.05) is 50.5 Å². The maximum atomic E-state index is 12.7. The van der Waals surface area contributed by atoms with Crippen LogP contribution in [0, 0.1) is 0 Å². The van der Waals surface area contributed by atoms with E-state index in [9.17, 15) is 9.59 Å². The lowest BCUT2D eigenvalue weighted by atomic mass is 10.1. The number of nitrogens with zero attached hydrogens (tertiary/aromatic N) is 5. The van der Waals surface area contributed by atoms with E-state index in [4.69, 9.17) is 16.6 Å². The van der Waals surface area contributed by atoms with Crippen LogP contribution in [-0.2, 0) is 4.79 Å². The zero-order chi connectivity index (χ0) is 22.0. The van der Waals surface area contributed by atoms with E-state index in [2.05, 4.69) is 33.0 Å². The van der Waals surface area contributed by atoms with Gasteiger partial charge >= 0.3 is 6.03 Å². The van der Waals surface area contributed by atoms with Crippen LogP contribution in [-0.4, -0.2) is 84.6 Å². The number of hydrogen-bond acceptors (Lipinski definition) is 6. The summed E-state index contributed by atoms with van der Waals surface area (Å²) in [7, 11) is 1.71. The number of guanidine groups is 1. The summed E-state index contributed by atoms with van der Waals surface area (Å²) in [5.74, 6) is 0.592. The molecule has 3 aliphatic rings. The van der Waals surface area contributed by atoms with Crippen molar-refractivity contribution in [3.8, 4) is 0 Å². The Balaban J connectivity index is 1.49. The lowest BCUT2D eigenvalue weighted by molar-refractivity contribution is -0.127. The Kier molecular flexibility index (Phi) is 6.55. The van der Waals surface area contributed by atoms with E-state index < -0.39 is 12.2 Å². The number of halogens is 1. The summed E-state index contributed by atoms with van der Waals surface area (Å²) in [6.07, 6.45) is 4.00. The van der Waals surface area contributed by atoms with Crippen molar-refractivity contribution >= 4 is 35.2 Å². The van der Waals surface area contributed by atoms with E-state index in [0.717, 1.165) is 68.7 Å². The highest BCUT2D eigenvalue weighted by atomic mass is 35.5. The molecule has 2 saturated heterocycles. The van der Waals surface area contributed by atoms with Gasteiger partial charge in [-0.1, -0.05) is 43.9 Å². The minimum Gasteiger partial charge on any atom is -0.368 e. The van der Waals surface area contributed by atoms with E-state index >= 15 is 0 Å². The van der Waals surface area contributed by atoms with Crippen molar-refractivity contribution < 1.29 is 9.59 Å². The molecule has 1 N–H and O–H groups in total. The highest BCUT2D eigenvalue weighted by Gasteiger charge is 2.49. The van der Waals surface area contributed by atoms with Crippen molar-refractivity contribution in [2.75, 3.05) is 44.7 Å². The number of anilines is 1. The lowest BCUT2D eigenvalue weighted by Crippen LogP contribution is -2.64. The molecule has 0 aromatic heterocycles. The normalized spacial score (nSPS) is 23.8. The van der Waals surface area contributed by atoms with Crippen LogP contribution in [0.3, 0.4) is 0 Å². The maximum absolute atomic E-state index is 12.7. The molecule has 0 radical (unpaired) electrons. The Hall–Kier alpha value is -2.48. The second-order valence-corrected chi connectivity index (χ2v) is 8.84. The monoisotopic (exact) mass is 446 g/mol. The Labute approximate surface area is 188 Å². The second-order valence-electron chi connectivity index (χ2n) is 8.40. The Bertz CT molecular complexity index is 854. The largest absolute Gasteiger partial charge is 0.368 e. The third kappa shape index (κ3) is 4.44. The molecule has 3 heterocycles. The first-order chi connectivity index (χ1) is 15.0. The Morgan fingerprint density at radius 3 is 2.55 bits per heavy atom. The summed E-state index contributed by atoms with van der Waals surface area (Å²) in [6.45, 7) is 6.25. The molecule has 168 valence electrons. The molecule has 4 rings (SSSR count). The van der Waals surface area contributed by atoms with Gasteiger partial charge in [0.05, 0.1) is 0 Å². The summed E-state index contributed by atoms with van der Waals surface area (Å²) in [6, 6.07) is 7.09. The standard InChI is InChI=1S/C22H31ClN6O2/c1-3-4-5-6-10-29-18-19(26(2)22(31)25-20(18)30)24-21(29)28-13-11-27(12-14-28)17-9-7-8-16(23)15-17/h7-9,15,18-19H,3-6,10-14H2,1-2H3,(H,25,30,31). The van der Waals surface area contributed by atoms with Crippen molar-refractivity contribution in [2.24, 2.45) is 4.99 Å². The fraction of sp³-hybridized carbons (Fsp3) is 0.591. The third-order valence-corrected chi connectivity index (χ3v) is 6.56. The summed E-state index contributed by atoms with van der Waals surface area (Å²) in [5.41, 5.74) is 1.12. The number of carbonyl (C=O) groups is 2. The molecule has 0 spiro atoms. The molecule has 9 heteroatoms. The molecule has 3 aliphatic heterocycles. The number of unbranched alkanes of at least 4 members (excludes halogenated alkanes) is 3. The quantitative estimate of drug-likeness (QED) is 0.680. The molecule has 1 aromatic rings. The second kappa shape index (κ2) is 9.34. The summed E-state index contributed by atoms with van der Waals surface area (Å²) >= 11 is 6.16. The Morgan fingerprint density at radius 1 is 1.10 bits per heavy atom. The van der Waals surface area contributed by atoms with Gasteiger partial charge in [0.2, 0.25) is 0 Å². The van der Waals surface area contributed by atoms with Crippen LogP contribution >= 0.6 is 11.6 Å². The average Bonchev–Trinajstić information content (AvgIpc) is 3.15. The van der Waals surface area contributed by atoms with Crippen LogP contribution in [0.5, 0.6) is 0 Å². The Morgan fingerprint density at radius 2 is 1.84 bits per heavy atom. The van der Waals surface area contributed by atoms with Gasteiger partial charge in [-0.25, -0.2) is 9.79 Å². The average molecular weight is 447 g/mol. The highest BCUT2D eigenvalue weighted by molar-refractivity contribution is 6.30. The molecular formula is C22H31ClN6O2. The lowest BCUT2D eigenvalue weighted by Gasteiger charge is -2.41. The van der Waals surface area contributed by atoms with Crippen LogP contribution < -0.4 is 10.2 Å². The number of piperazine rings is 1. The summed E-state index contributed by atoms with van der Waals surface area (Å²) in [4.78, 5) is 38.0. The van der Waals surface area contributed by atoms with Crippen molar-refractivity contribution in [1.82, 2.24) is 20.0 Å². The zero-order valence-electron chi connectivity index (χ0n) is 18.3. The molecule has 3 amide bonds. The topological polar surface area (TPSA) is 71.5 Å². The minimum atomic E-state index is -0.464. The summed E-state index contributed by atoms with van der Waals surface area (Å²) < 4.78 is 0. The third-order valence-electron chi connectivity index (χ3n) is 6.33. The molecule has 31 heavy (non-hydrogen) atoms. The van der Waals surface area contributed by atoms with Crippen molar-refractivity contribution in [3.05, 3.63) is 29.3 Å². The number of aliphatic imine (C=N–C) groups is 1. The van der Waals surface area contributed by atoms with E-state index in [1.165, 1.54) is 6.42 Å². The van der Waals surface area contributed by atoms with Crippen molar-refractivity contribution in [3.63, 3.8) is 0 Å². The number of urea groups is 1. The number of imide groups is 1. The molecule has 0 saturated carbocycles. The van der Waals surface area contributed by atoms with Gasteiger partial charge in [0.25, 0.3) is 5.91 Å². The number of carbonyl (C=O) groups excluding carboxylic acids is 2. The molecule has 2 unspecified atom stereocenters. The number of nitrogens with one attached hydrogen (secondary N) is 1. The van der Waals surface area contributed by atoms with Crippen molar-refractivity contribution in [1.29, 1.82) is 0 Å². The fourth-order valence-corrected chi connectivity index (χ4v) is 4.74. The van der Waals surface area contributed by atoms with Gasteiger partial charge in [-0.15, -0.1) is 0 Å². The van der Waals surface area contributed by atoms with E-state index in [-0.39, 0.29) is 11.9 Å². The van der Waals surface area contributed by atoms with Crippen molar-refractivity contribution in [2.45, 2.75) is 44.8 Å². The van der Waals surface area contributed by atoms with Crippen LogP contribution in [0.1, 0.15) is 32.6 Å². The van der Waals surface area contributed by atoms with E-state index in [0.29, 0.717) is 0 Å². The molecule has 1 aromatic carbocycles. The first kappa shape index (κ1) is 21.7. The van der Waals surface area contributed by atoms with E-state index in [1.807, 2.05) is 18.2 Å². The number of likely N-dealkylation sites (N-methyl/N-ethyl adjacent to an activating group) is 1. The number of hydrogen-bond donors (Lipinski definition) is 1. The van der Waals surface area contributed by atoms with Gasteiger partial charge < -0.3 is 19.6 Å². The first-order valence-corrected chi connectivity index (χ1v) is 11.5. The smallest absolute Gasteiger partial charge is 0.325 e. The molecule has 0 bridgehead atoms. The van der Waals surface area contributed by atoms with Gasteiger partial charge in [0.15, 0.2) is 18.2 Å². The molecular weight excluding hydrogens is 416 g/mol. The minimum absolute atomic E-state index is 0.250. The number of rotatable bonds is 6. The van der Waals surface area contributed by atoms with Gasteiger partial charge in [-0.3, -0.25) is 10.1 Å². The van der Waals surface area contributed by atoms with Crippen LogP contribution in [0.15, 0.2) is 29.3 Å². The van der Waals surface area contributed by atoms with E-state index in [1.54, 1.807) is 11.9 Å². The highest BCUT2D eigenvalue weighted by Crippen LogP contribution is 2.27. The van der Waals surface area contributed by atoms with Gasteiger partial charge in [0.1, 0.15) is 0 Å². The van der Waals surface area contributed by atoms with Gasteiger partial charge in [-0.05, 0) is 24.6 Å². The predicted octanol–water partition coefficient (Wildman–Crippen LogP) is 2.59. The van der Waals surface area contributed by atoms with Crippen LogP contribution in [0.2, 0.25) is 5.02 Å². The summed E-state index contributed by atoms with van der Waals surface area (Å²) in [5, 5.41) is 3.22. The van der Waals surface area contributed by atoms with Crippen LogP contribution in [0.4, 0.5) is 10.5 Å². The molecule has 8 nitrogen and oxygen atoms in total. The number of fused-ring (bicyclic) bond motifs is 1. The SMILES string of the molecule is CCCCCCN1C(N2CCN(c3cccc(Cl)c3)CC2)=NC2C1C(=O)NC(=O)N2C. The molecule has 2 atom stereocenters. The first-order valence-electron chi connectivity index (χ1n) is 11.2. The number of benzene rings is 1. The molecule has 0 aliphatic carbocycles. The number of amides is 3. The van der Waals surface area contributed by atoms with Gasteiger partial charge in [-0.2, -0.15) is 0 Å².